The first-order valence-corrected chi connectivity index (χ1v) is 7.51. The third kappa shape index (κ3) is 2.45. The normalized spacial score (nSPS) is 22.2. The van der Waals surface area contributed by atoms with E-state index in [1.54, 1.807) is 0 Å². The number of nitrogens with two attached hydrogens (primary N) is 1. The second kappa shape index (κ2) is 5.71. The summed E-state index contributed by atoms with van der Waals surface area (Å²) in [6, 6.07) is 12.4. The zero-order chi connectivity index (χ0) is 14.8. The molecule has 0 amide bonds. The lowest BCUT2D eigenvalue weighted by Crippen LogP contribution is -2.49. The molecule has 3 rings (SSSR count). The first-order chi connectivity index (χ1) is 10.2. The molecule has 0 aliphatic carbocycles. The highest BCUT2D eigenvalue weighted by Crippen LogP contribution is 2.30. The van der Waals surface area contributed by atoms with Crippen LogP contribution in [0.2, 0.25) is 0 Å². The van der Waals surface area contributed by atoms with E-state index in [1.165, 1.54) is 6.42 Å². The molecule has 0 bridgehead atoms. The fourth-order valence-corrected chi connectivity index (χ4v) is 3.28. The Labute approximate surface area is 125 Å². The third-order valence-corrected chi connectivity index (χ3v) is 4.45. The van der Waals surface area contributed by atoms with E-state index in [0.717, 1.165) is 29.7 Å². The number of para-hydroxylation sites is 1. The van der Waals surface area contributed by atoms with Crippen molar-refractivity contribution < 1.29 is 0 Å². The van der Waals surface area contributed by atoms with Gasteiger partial charge in [0.2, 0.25) is 0 Å². The Kier molecular flexibility index (Phi) is 3.76. The summed E-state index contributed by atoms with van der Waals surface area (Å²) < 4.78 is 0. The number of nitrogens with zero attached hydrogens (tertiary/aromatic N) is 3. The van der Waals surface area contributed by atoms with E-state index in [9.17, 15) is 5.26 Å². The summed E-state index contributed by atoms with van der Waals surface area (Å²) in [7, 11) is 0. The maximum Gasteiger partial charge on any atom is 0.147 e. The topological polar surface area (TPSA) is 65.9 Å². The van der Waals surface area contributed by atoms with E-state index in [-0.39, 0.29) is 6.04 Å². The number of pyridine rings is 1. The molecule has 1 aliphatic rings. The second-order valence-corrected chi connectivity index (χ2v) is 5.78. The molecule has 2 unspecified atom stereocenters. The van der Waals surface area contributed by atoms with E-state index >= 15 is 0 Å². The highest BCUT2D eigenvalue weighted by molar-refractivity contribution is 5.83. The van der Waals surface area contributed by atoms with Crippen LogP contribution in [0.3, 0.4) is 0 Å². The summed E-state index contributed by atoms with van der Waals surface area (Å²) >= 11 is 0. The molecule has 1 aromatic carbocycles. The largest absolute Gasteiger partial charge is 0.351 e. The lowest BCUT2D eigenvalue weighted by atomic mass is 9.90. The molecule has 1 aromatic heterocycles. The zero-order valence-corrected chi connectivity index (χ0v) is 12.3. The van der Waals surface area contributed by atoms with Crippen LogP contribution in [0.25, 0.3) is 10.9 Å². The van der Waals surface area contributed by atoms with Crippen LogP contribution in [0.5, 0.6) is 0 Å². The Morgan fingerprint density at radius 3 is 3.00 bits per heavy atom. The van der Waals surface area contributed by atoms with Gasteiger partial charge in [0.15, 0.2) is 0 Å². The SMILES string of the molecule is CC1CCCN(c2nc3ccccc3cc2C#N)C1CN. The molecule has 0 spiro atoms. The van der Waals surface area contributed by atoms with Crippen LogP contribution >= 0.6 is 0 Å². The van der Waals surface area contributed by atoms with Crippen LogP contribution in [0, 0.1) is 17.2 Å². The van der Waals surface area contributed by atoms with Crippen LogP contribution in [-0.4, -0.2) is 24.1 Å². The Bertz CT molecular complexity index is 689. The van der Waals surface area contributed by atoms with E-state index < -0.39 is 0 Å². The number of hydrogen-bond donors (Lipinski definition) is 1. The molecule has 2 N–H and O–H groups in total. The van der Waals surface area contributed by atoms with Crippen molar-refractivity contribution in [3.63, 3.8) is 0 Å². The monoisotopic (exact) mass is 280 g/mol. The third-order valence-electron chi connectivity index (χ3n) is 4.45. The molecule has 1 aliphatic heterocycles. The molecule has 108 valence electrons. The van der Waals surface area contributed by atoms with Gasteiger partial charge in [-0.2, -0.15) is 5.26 Å². The molecular formula is C17H20N4. The smallest absolute Gasteiger partial charge is 0.147 e. The van der Waals surface area contributed by atoms with Crippen molar-refractivity contribution >= 4 is 16.7 Å². The molecule has 2 heterocycles. The fraction of sp³-hybridized carbons (Fsp3) is 0.412. The van der Waals surface area contributed by atoms with Crippen molar-refractivity contribution in [2.75, 3.05) is 18.0 Å². The van der Waals surface area contributed by atoms with Crippen molar-refractivity contribution in [3.8, 4) is 6.07 Å². The summed E-state index contributed by atoms with van der Waals surface area (Å²) in [4.78, 5) is 6.99. The predicted octanol–water partition coefficient (Wildman–Crippen LogP) is 2.67. The summed E-state index contributed by atoms with van der Waals surface area (Å²) in [5, 5.41) is 10.5. The fourth-order valence-electron chi connectivity index (χ4n) is 3.28. The molecule has 21 heavy (non-hydrogen) atoms. The minimum absolute atomic E-state index is 0.263. The van der Waals surface area contributed by atoms with Gasteiger partial charge in [-0.3, -0.25) is 0 Å². The van der Waals surface area contributed by atoms with Gasteiger partial charge in [0.1, 0.15) is 11.9 Å². The average molecular weight is 280 g/mol. The minimum atomic E-state index is 0.263. The van der Waals surface area contributed by atoms with Crippen LogP contribution in [0.4, 0.5) is 5.82 Å². The predicted molar refractivity (Wildman–Crippen MR) is 85.0 cm³/mol. The van der Waals surface area contributed by atoms with E-state index in [4.69, 9.17) is 10.7 Å². The van der Waals surface area contributed by atoms with Crippen LogP contribution in [0.1, 0.15) is 25.3 Å². The van der Waals surface area contributed by atoms with E-state index in [1.807, 2.05) is 30.3 Å². The van der Waals surface area contributed by atoms with Crippen molar-refractivity contribution in [1.29, 1.82) is 5.26 Å². The van der Waals surface area contributed by atoms with Crippen molar-refractivity contribution in [2.45, 2.75) is 25.8 Å². The standard InChI is InChI=1S/C17H20N4/c1-12-5-4-8-21(16(12)11-19)17-14(10-18)9-13-6-2-3-7-15(13)20-17/h2-3,6-7,9,12,16H,4-5,8,11,19H2,1H3. The summed E-state index contributed by atoms with van der Waals surface area (Å²) in [5.41, 5.74) is 7.54. The first-order valence-electron chi connectivity index (χ1n) is 7.51. The van der Waals surface area contributed by atoms with Gasteiger partial charge < -0.3 is 10.6 Å². The van der Waals surface area contributed by atoms with E-state index in [2.05, 4.69) is 17.9 Å². The molecular weight excluding hydrogens is 260 g/mol. The molecule has 0 saturated carbocycles. The van der Waals surface area contributed by atoms with Gasteiger partial charge in [-0.15, -0.1) is 0 Å². The molecule has 2 atom stereocenters. The quantitative estimate of drug-likeness (QED) is 0.918. The summed E-state index contributed by atoms with van der Waals surface area (Å²) in [6.45, 7) is 3.75. The number of aromatic nitrogens is 1. The highest BCUT2D eigenvalue weighted by Gasteiger charge is 2.29. The number of anilines is 1. The Morgan fingerprint density at radius 1 is 1.43 bits per heavy atom. The highest BCUT2D eigenvalue weighted by atomic mass is 15.2. The maximum atomic E-state index is 9.49. The second-order valence-electron chi connectivity index (χ2n) is 5.78. The average Bonchev–Trinajstić information content (AvgIpc) is 2.53. The number of benzene rings is 1. The molecule has 1 fully saturated rings. The van der Waals surface area contributed by atoms with Gasteiger partial charge in [0.25, 0.3) is 0 Å². The zero-order valence-electron chi connectivity index (χ0n) is 12.3. The van der Waals surface area contributed by atoms with Crippen LogP contribution in [0.15, 0.2) is 30.3 Å². The molecule has 2 aromatic rings. The lowest BCUT2D eigenvalue weighted by molar-refractivity contribution is 0.348. The summed E-state index contributed by atoms with van der Waals surface area (Å²) in [6.07, 6.45) is 2.31. The number of nitriles is 1. The van der Waals surface area contributed by atoms with Crippen LogP contribution in [-0.2, 0) is 0 Å². The summed E-state index contributed by atoms with van der Waals surface area (Å²) in [5.74, 6) is 1.32. The van der Waals surface area contributed by atoms with Gasteiger partial charge in [-0.1, -0.05) is 25.1 Å². The first kappa shape index (κ1) is 13.8. The number of fused-ring (bicyclic) bond motifs is 1. The number of hydrogen-bond acceptors (Lipinski definition) is 4. The lowest BCUT2D eigenvalue weighted by Gasteiger charge is -2.40. The van der Waals surface area contributed by atoms with Gasteiger partial charge >= 0.3 is 0 Å². The van der Waals surface area contributed by atoms with Gasteiger partial charge in [0.05, 0.1) is 11.1 Å². The van der Waals surface area contributed by atoms with E-state index in [0.29, 0.717) is 18.0 Å². The van der Waals surface area contributed by atoms with Crippen molar-refractivity contribution in [1.82, 2.24) is 4.98 Å². The van der Waals surface area contributed by atoms with Crippen LogP contribution < -0.4 is 10.6 Å². The Morgan fingerprint density at radius 2 is 2.24 bits per heavy atom. The van der Waals surface area contributed by atoms with Crippen molar-refractivity contribution in [3.05, 3.63) is 35.9 Å². The molecule has 4 nitrogen and oxygen atoms in total. The van der Waals surface area contributed by atoms with Crippen molar-refractivity contribution in [2.24, 2.45) is 11.7 Å². The Hall–Kier alpha value is -2.12. The Balaban J connectivity index is 2.11. The molecule has 4 heteroatoms. The molecule has 0 radical (unpaired) electrons. The number of rotatable bonds is 2. The van der Waals surface area contributed by atoms with Gasteiger partial charge in [-0.25, -0.2) is 4.98 Å². The molecule has 1 saturated heterocycles. The maximum absolute atomic E-state index is 9.49. The van der Waals surface area contributed by atoms with Gasteiger partial charge in [0, 0.05) is 24.5 Å². The van der Waals surface area contributed by atoms with Gasteiger partial charge in [-0.05, 0) is 30.9 Å². The number of piperidine rings is 1. The minimum Gasteiger partial charge on any atom is -0.351 e.